The Hall–Kier alpha value is -2.65. The molecule has 2 amide bonds. The van der Waals surface area contributed by atoms with Crippen LogP contribution in [0, 0.1) is 11.6 Å². The third-order valence-corrected chi connectivity index (χ3v) is 7.38. The lowest BCUT2D eigenvalue weighted by atomic mass is 9.98. The lowest BCUT2D eigenvalue weighted by molar-refractivity contribution is -0.192. The van der Waals surface area contributed by atoms with Gasteiger partial charge in [-0.3, -0.25) is 9.59 Å². The Morgan fingerprint density at radius 2 is 1.74 bits per heavy atom. The zero-order chi connectivity index (χ0) is 29.0. The van der Waals surface area contributed by atoms with Gasteiger partial charge in [0, 0.05) is 31.0 Å². The number of rotatable bonds is 8. The number of alkyl halides is 3. The molecule has 0 bridgehead atoms. The minimum atomic E-state index is -5.01. The fraction of sp³-hybridized carbons (Fsp3) is 0.333. The number of carbonyl (C=O) groups excluding carboxylic acids is 2. The predicted octanol–water partition coefficient (Wildman–Crippen LogP) is 6.73. The quantitative estimate of drug-likeness (QED) is 0.199. The van der Waals surface area contributed by atoms with Gasteiger partial charge in [-0.05, 0) is 58.1 Å². The van der Waals surface area contributed by atoms with E-state index in [1.165, 1.54) is 24.5 Å². The van der Waals surface area contributed by atoms with E-state index in [1.54, 1.807) is 0 Å². The fourth-order valence-electron chi connectivity index (χ4n) is 4.10. The van der Waals surface area contributed by atoms with E-state index in [2.05, 4.69) is 26.1 Å². The average Bonchev–Trinajstić information content (AvgIpc) is 3.58. The Morgan fingerprint density at radius 3 is 2.21 bits per heavy atom. The summed E-state index contributed by atoms with van der Waals surface area (Å²) >= 11 is 4.52. The van der Waals surface area contributed by atoms with Crippen molar-refractivity contribution < 1.29 is 35.4 Å². The third kappa shape index (κ3) is 7.11. The van der Waals surface area contributed by atoms with Crippen LogP contribution in [0.1, 0.15) is 29.5 Å². The van der Waals surface area contributed by atoms with Gasteiger partial charge in [0.15, 0.2) is 9.96 Å². The number of hydrogen-bond acceptors (Lipinski definition) is 6. The molecule has 3 aromatic rings. The molecule has 1 unspecified atom stereocenters. The van der Waals surface area contributed by atoms with Gasteiger partial charge in [0.2, 0.25) is 12.3 Å². The highest BCUT2D eigenvalue weighted by Crippen LogP contribution is 2.47. The van der Waals surface area contributed by atoms with Crippen molar-refractivity contribution in [2.75, 3.05) is 13.3 Å². The molecule has 6 nitrogen and oxygen atoms in total. The number of likely N-dealkylation sites (N-methyl/N-ethyl adjacent to an activating group) is 1. The molecule has 0 saturated heterocycles. The van der Waals surface area contributed by atoms with E-state index in [0.29, 0.717) is 25.8 Å². The van der Waals surface area contributed by atoms with Gasteiger partial charge in [-0.1, -0.05) is 35.6 Å². The van der Waals surface area contributed by atoms with Crippen molar-refractivity contribution >= 4 is 51.7 Å². The fourth-order valence-corrected chi connectivity index (χ4v) is 5.30. The molecule has 0 N–H and O–H groups in total. The third-order valence-electron chi connectivity index (χ3n) is 6.04. The maximum atomic E-state index is 15.0. The average molecular weight is 655 g/mol. The summed E-state index contributed by atoms with van der Waals surface area (Å²) in [4.78, 5) is 26.7. The highest BCUT2D eigenvalue weighted by atomic mass is 79.9. The standard InChI is InChI=1S/C23H18BrF5N4O2S.CH3FS/c1-32(20(35)22(8-9-22)33(12-34)11-18-30-31-21(24)36-18)19(23(27,28)29)16-7-4-14(10-17(16)26)13-2-5-15(25)6-3-13;1-3-2/h2-7,10,12,19H,8-9,11H2,1H3;1H3. The molecule has 1 aliphatic rings. The molecular weight excluding hydrogens is 634 g/mol. The summed E-state index contributed by atoms with van der Waals surface area (Å²) in [5.74, 6) is -2.64. The first-order valence-corrected chi connectivity index (χ1v) is 13.9. The van der Waals surface area contributed by atoms with E-state index in [1.807, 2.05) is 0 Å². The van der Waals surface area contributed by atoms with Crippen molar-refractivity contribution in [3.63, 3.8) is 0 Å². The summed E-state index contributed by atoms with van der Waals surface area (Å²) in [6.07, 6.45) is -2.92. The van der Waals surface area contributed by atoms with Crippen LogP contribution in [0.15, 0.2) is 46.4 Å². The molecule has 15 heteroatoms. The molecule has 1 aliphatic carbocycles. The topological polar surface area (TPSA) is 66.4 Å². The van der Waals surface area contributed by atoms with Gasteiger partial charge in [-0.15, -0.1) is 10.2 Å². The van der Waals surface area contributed by atoms with Crippen molar-refractivity contribution in [1.82, 2.24) is 20.0 Å². The van der Waals surface area contributed by atoms with Gasteiger partial charge < -0.3 is 9.80 Å². The molecule has 1 aromatic heterocycles. The lowest BCUT2D eigenvalue weighted by Crippen LogP contribution is -2.52. The Morgan fingerprint density at radius 1 is 1.15 bits per heavy atom. The van der Waals surface area contributed by atoms with Crippen LogP contribution in [0.3, 0.4) is 0 Å². The van der Waals surface area contributed by atoms with Crippen LogP contribution in [-0.2, 0) is 16.1 Å². The summed E-state index contributed by atoms with van der Waals surface area (Å²) < 4.78 is 81.5. The largest absolute Gasteiger partial charge is 0.413 e. The number of hydrogen-bond donors (Lipinski definition) is 0. The number of benzene rings is 2. The number of amides is 2. The Balaban J connectivity index is 0.00000134. The van der Waals surface area contributed by atoms with Crippen LogP contribution in [0.4, 0.5) is 25.8 Å². The van der Waals surface area contributed by atoms with Gasteiger partial charge in [-0.25, -0.2) is 8.78 Å². The van der Waals surface area contributed by atoms with Crippen LogP contribution in [0.25, 0.3) is 11.1 Å². The minimum absolute atomic E-state index is 0.107. The lowest BCUT2D eigenvalue weighted by Gasteiger charge is -2.36. The van der Waals surface area contributed by atoms with Crippen molar-refractivity contribution in [3.05, 3.63) is 68.6 Å². The number of nitrogens with zero attached hydrogens (tertiary/aromatic N) is 4. The first-order chi connectivity index (χ1) is 18.4. The SMILES string of the molecule is CN(C(=O)C1(N(C=O)Cc2nnc(Br)s2)CC1)C(c1ccc(-c2ccc(F)cc2)cc1F)C(F)(F)F.CSF. The van der Waals surface area contributed by atoms with Crippen molar-refractivity contribution in [2.45, 2.75) is 37.1 Å². The van der Waals surface area contributed by atoms with Crippen molar-refractivity contribution in [3.8, 4) is 11.1 Å². The normalized spacial score (nSPS) is 14.6. The first-order valence-electron chi connectivity index (χ1n) is 11.1. The predicted molar refractivity (Wildman–Crippen MR) is 139 cm³/mol. The highest BCUT2D eigenvalue weighted by Gasteiger charge is 2.59. The summed E-state index contributed by atoms with van der Waals surface area (Å²) in [7, 11) is 0.943. The van der Waals surface area contributed by atoms with E-state index in [0.717, 1.165) is 47.5 Å². The number of aromatic nitrogens is 2. The van der Waals surface area contributed by atoms with Crippen LogP contribution in [0.5, 0.6) is 0 Å². The summed E-state index contributed by atoms with van der Waals surface area (Å²) in [5, 5.41) is 8.03. The van der Waals surface area contributed by atoms with Gasteiger partial charge >= 0.3 is 6.18 Å². The van der Waals surface area contributed by atoms with E-state index in [9.17, 15) is 31.0 Å². The van der Waals surface area contributed by atoms with E-state index in [-0.39, 0.29) is 37.1 Å². The summed E-state index contributed by atoms with van der Waals surface area (Å²) in [6, 6.07) is 5.63. The molecule has 0 spiro atoms. The van der Waals surface area contributed by atoms with Gasteiger partial charge in [0.1, 0.15) is 22.2 Å². The Bertz CT molecular complexity index is 1300. The second kappa shape index (κ2) is 12.7. The zero-order valence-electron chi connectivity index (χ0n) is 20.4. The molecule has 0 radical (unpaired) electrons. The molecule has 0 aliphatic heterocycles. The number of carbonyl (C=O) groups is 2. The second-order valence-electron chi connectivity index (χ2n) is 8.47. The molecule has 39 heavy (non-hydrogen) atoms. The van der Waals surface area contributed by atoms with E-state index in [4.69, 9.17) is 0 Å². The van der Waals surface area contributed by atoms with Crippen LogP contribution in [0.2, 0.25) is 0 Å². The van der Waals surface area contributed by atoms with Gasteiger partial charge in [0.05, 0.1) is 6.54 Å². The van der Waals surface area contributed by atoms with Crippen molar-refractivity contribution in [1.29, 1.82) is 0 Å². The van der Waals surface area contributed by atoms with Gasteiger partial charge in [-0.2, -0.15) is 17.1 Å². The van der Waals surface area contributed by atoms with Crippen molar-refractivity contribution in [2.24, 2.45) is 0 Å². The van der Waals surface area contributed by atoms with Crippen LogP contribution < -0.4 is 0 Å². The smallest absolute Gasteiger partial charge is 0.328 e. The number of halogens is 7. The highest BCUT2D eigenvalue weighted by molar-refractivity contribution is 9.11. The Kier molecular flexibility index (Phi) is 10.0. The minimum Gasteiger partial charge on any atom is -0.328 e. The molecule has 1 heterocycles. The summed E-state index contributed by atoms with van der Waals surface area (Å²) in [5.41, 5.74) is -1.56. The van der Waals surface area contributed by atoms with E-state index >= 15 is 4.39 Å². The van der Waals surface area contributed by atoms with Crippen LogP contribution >= 0.6 is 39.4 Å². The Labute approximate surface area is 236 Å². The first kappa shape index (κ1) is 30.9. The molecule has 210 valence electrons. The van der Waals surface area contributed by atoms with Gasteiger partial charge in [0.25, 0.3) is 0 Å². The van der Waals surface area contributed by atoms with Crippen LogP contribution in [-0.4, -0.2) is 57.3 Å². The molecule has 1 fully saturated rings. The molecule has 1 saturated carbocycles. The molecule has 4 rings (SSSR count). The summed E-state index contributed by atoms with van der Waals surface area (Å²) in [6.45, 7) is -0.107. The molecule has 1 atom stereocenters. The molecular formula is C24H21BrF6N4O2S2. The monoisotopic (exact) mass is 654 g/mol. The second-order valence-corrected chi connectivity index (χ2v) is 11.1. The maximum Gasteiger partial charge on any atom is 0.413 e. The molecule has 2 aromatic carbocycles. The zero-order valence-corrected chi connectivity index (χ0v) is 23.6. The van der Waals surface area contributed by atoms with E-state index < -0.39 is 40.9 Å². The maximum absolute atomic E-state index is 15.0.